The third-order valence-electron chi connectivity index (χ3n) is 13.3. The quantitative estimate of drug-likeness (QED) is 0.238. The van der Waals surface area contributed by atoms with E-state index in [4.69, 9.17) is 23.7 Å². The molecule has 8 aliphatic rings. The molecule has 17 heteroatoms. The van der Waals surface area contributed by atoms with E-state index in [2.05, 4.69) is 10.4 Å². The lowest BCUT2D eigenvalue weighted by Crippen LogP contribution is -2.60. The van der Waals surface area contributed by atoms with E-state index >= 15 is 0 Å². The molecule has 0 aromatic heterocycles. The minimum Gasteiger partial charge on any atom is -0.507 e. The molecule has 1 aromatic carbocycles. The molecule has 9 rings (SSSR count). The molecule has 0 saturated carbocycles. The van der Waals surface area contributed by atoms with Gasteiger partial charge in [-0.1, -0.05) is 45.9 Å². The van der Waals surface area contributed by atoms with Gasteiger partial charge in [0.2, 0.25) is 5.78 Å². The number of rotatable bonds is 6. The molecular formula is C46H60N4O13. The maximum atomic E-state index is 14.8. The van der Waals surface area contributed by atoms with Crippen LogP contribution in [0.25, 0.3) is 0 Å². The number of aliphatic hydroxyl groups is 2. The number of esters is 1. The minimum atomic E-state index is -2.10. The molecule has 7 aliphatic heterocycles. The molecule has 10 atom stereocenters. The predicted octanol–water partition coefficient (Wildman–Crippen LogP) is 3.39. The number of hydrogen-bond donors (Lipinski definition) is 4. The molecule has 2 fully saturated rings. The fourth-order valence-electron chi connectivity index (χ4n) is 9.11. The van der Waals surface area contributed by atoms with Crippen molar-refractivity contribution in [2.75, 3.05) is 46.4 Å². The van der Waals surface area contributed by atoms with E-state index in [1.165, 1.54) is 59.4 Å². The summed E-state index contributed by atoms with van der Waals surface area (Å²) in [5, 5.41) is 41.5. The molecule has 7 heterocycles. The highest BCUT2D eigenvalue weighted by atomic mass is 16.7. The van der Waals surface area contributed by atoms with Gasteiger partial charge in [-0.25, -0.2) is 0 Å². The van der Waals surface area contributed by atoms with E-state index in [-0.39, 0.29) is 46.7 Å². The number of ether oxygens (including phenoxy) is 5. The molecule has 0 radical (unpaired) electrons. The summed E-state index contributed by atoms with van der Waals surface area (Å²) in [6, 6.07) is 0. The zero-order valence-corrected chi connectivity index (χ0v) is 37.6. The van der Waals surface area contributed by atoms with E-state index in [0.717, 1.165) is 0 Å². The number of amides is 1. The molecule has 17 nitrogen and oxygen atoms in total. The van der Waals surface area contributed by atoms with Crippen molar-refractivity contribution >= 4 is 35.4 Å². The van der Waals surface area contributed by atoms with Crippen LogP contribution in [0.2, 0.25) is 0 Å². The number of phenolic OH excluding ortho intramolecular Hbond substituents is 1. The van der Waals surface area contributed by atoms with Crippen LogP contribution in [0.5, 0.6) is 11.5 Å². The normalized spacial score (nSPS) is 35.0. The summed E-state index contributed by atoms with van der Waals surface area (Å²) >= 11 is 0. The Kier molecular flexibility index (Phi) is 13.9. The van der Waals surface area contributed by atoms with Crippen molar-refractivity contribution in [1.82, 2.24) is 15.2 Å². The summed E-state index contributed by atoms with van der Waals surface area (Å²) in [6.07, 6.45) is 5.88. The number of nitrogens with one attached hydrogen (secondary N) is 1. The monoisotopic (exact) mass is 876 g/mol. The van der Waals surface area contributed by atoms with Gasteiger partial charge in [-0.3, -0.25) is 33.9 Å². The maximum Gasteiger partial charge on any atom is 0.312 e. The molecule has 2 saturated heterocycles. The van der Waals surface area contributed by atoms with E-state index in [9.17, 15) is 39.3 Å². The molecule has 1 amide bonds. The lowest BCUT2D eigenvalue weighted by atomic mass is 9.70. The second-order valence-electron chi connectivity index (χ2n) is 17.5. The highest BCUT2D eigenvalue weighted by molar-refractivity contribution is 6.37. The van der Waals surface area contributed by atoms with Gasteiger partial charge in [0.1, 0.15) is 23.3 Å². The highest BCUT2D eigenvalue weighted by Gasteiger charge is 2.54. The number of hydrogen-bond acceptors (Lipinski definition) is 16. The van der Waals surface area contributed by atoms with Gasteiger partial charge < -0.3 is 44.3 Å². The second kappa shape index (κ2) is 18.5. The summed E-state index contributed by atoms with van der Waals surface area (Å²) < 4.78 is 30.1. The van der Waals surface area contributed by atoms with Crippen LogP contribution < -0.4 is 10.1 Å². The van der Waals surface area contributed by atoms with Gasteiger partial charge in [0.15, 0.2) is 5.78 Å². The summed E-state index contributed by atoms with van der Waals surface area (Å²) in [5.74, 6) is -8.42. The van der Waals surface area contributed by atoms with Crippen LogP contribution in [-0.4, -0.2) is 143 Å². The third kappa shape index (κ3) is 8.85. The van der Waals surface area contributed by atoms with Crippen molar-refractivity contribution < 1.29 is 63.0 Å². The average molecular weight is 877 g/mol. The van der Waals surface area contributed by atoms with Crippen LogP contribution in [-0.2, 0) is 28.5 Å². The number of hydrazone groups is 1. The van der Waals surface area contributed by atoms with Crippen LogP contribution in [0, 0.1) is 30.6 Å². The van der Waals surface area contributed by atoms with E-state index in [1.54, 1.807) is 31.0 Å². The van der Waals surface area contributed by atoms with Crippen molar-refractivity contribution in [2.45, 2.75) is 98.1 Å². The number of nitrogens with zero attached hydrogens (tertiary/aromatic N) is 3. The first-order valence-corrected chi connectivity index (χ1v) is 21.4. The topological polar surface area (TPSA) is 223 Å². The number of Topliss-reactive ketones (excluding diaryl/α,β-unsaturated/α-hetero) is 3. The number of β-amino-alcohol motifs (C(OH)–C–C–N with tert-alkyl or cyclic N) is 1. The van der Waals surface area contributed by atoms with Gasteiger partial charge in [-0.15, -0.1) is 0 Å². The summed E-state index contributed by atoms with van der Waals surface area (Å²) in [4.78, 5) is 72.1. The fourth-order valence-corrected chi connectivity index (χ4v) is 9.11. The number of benzene rings is 1. The molecule has 0 spiro atoms. The Morgan fingerprint density at radius 3 is 2.30 bits per heavy atom. The number of methoxy groups -OCH3 is 1. The zero-order valence-electron chi connectivity index (χ0n) is 37.6. The number of carbonyl (C=O) groups is 5. The Labute approximate surface area is 367 Å². The van der Waals surface area contributed by atoms with Gasteiger partial charge in [0.25, 0.3) is 11.7 Å². The molecular weight excluding hydrogens is 817 g/mol. The predicted molar refractivity (Wildman–Crippen MR) is 229 cm³/mol. The van der Waals surface area contributed by atoms with Gasteiger partial charge in [-0.2, -0.15) is 5.10 Å². The summed E-state index contributed by atoms with van der Waals surface area (Å²) in [5.41, 5.74) is -2.59. The number of allylic oxidation sites excluding steroid dienone is 4. The molecule has 7 bridgehead atoms. The van der Waals surface area contributed by atoms with E-state index < -0.39 is 99.3 Å². The number of aromatic hydroxyl groups is 1. The summed E-state index contributed by atoms with van der Waals surface area (Å²) in [7, 11) is 1.45. The van der Waals surface area contributed by atoms with Gasteiger partial charge >= 0.3 is 11.8 Å². The van der Waals surface area contributed by atoms with Crippen molar-refractivity contribution in [2.24, 2.45) is 28.8 Å². The van der Waals surface area contributed by atoms with E-state index in [1.807, 2.05) is 25.7 Å². The molecule has 63 heavy (non-hydrogen) atoms. The lowest BCUT2D eigenvalue weighted by molar-refractivity contribution is -0.251. The molecule has 342 valence electrons. The Bertz CT molecular complexity index is 2190. The SMILES string of the molecule is CO[C@H]1/C=C/O[C@@]2(C)Oc3c(C)c(O)c4c(c3C2=O)C(=O)C(/C=N/N2CCN(CCO)CC2)=C(NC(=O)/C(C)=C\C=C\[C@]2(C)O[C@H]([C@@H](C)[C@@H](O)[C@@H](C)[C@H](OC(C)=O)[C@@H]1C)[C@H]2C)C4=O. The largest absolute Gasteiger partial charge is 0.507 e. The third-order valence-corrected chi connectivity index (χ3v) is 13.3. The number of piperazine rings is 1. The number of carbonyl (C=O) groups excluding carboxylic acids is 5. The standard InChI is InChI=1S/C46H60N4O13/c1-23-12-11-14-45(8)28(6)41(62-45)26(4)36(53)25(3)40(61-29(7)52)24(2)31(59-10)13-21-60-46(9)43(57)34-32-33(37(54)27(5)42(34)63-46)39(56)35(48-44(23)58)30(38(32)55)22-47-50-17-15-49(16-18-50)19-20-51/h11-14,21-22,24-26,28,31,36,40-41,51,53-54H,15-20H2,1-10H3,(H,48,58)/b14-11+,21-13+,23-12-,47-22+/t24-,25-,26+,28-,31+,36+,40-,41-,45+,46+/m1/s1. The average Bonchev–Trinajstić information content (AvgIpc) is 3.51. The molecule has 1 aliphatic carbocycles. The molecule has 4 N–H and O–H groups in total. The van der Waals surface area contributed by atoms with Crippen molar-refractivity contribution in [3.05, 3.63) is 69.7 Å². The van der Waals surface area contributed by atoms with Crippen LogP contribution >= 0.6 is 0 Å². The van der Waals surface area contributed by atoms with Gasteiger partial charge in [0, 0.05) is 88.5 Å². The Morgan fingerprint density at radius 1 is 1.00 bits per heavy atom. The number of aliphatic hydroxyl groups excluding tert-OH is 2. The van der Waals surface area contributed by atoms with Gasteiger partial charge in [0.05, 0.1) is 65.3 Å². The first-order chi connectivity index (χ1) is 29.7. The highest BCUT2D eigenvalue weighted by Crippen LogP contribution is 2.49. The lowest BCUT2D eigenvalue weighted by Gasteiger charge is -2.54. The Balaban J connectivity index is 1.45. The van der Waals surface area contributed by atoms with Crippen LogP contribution in [0.4, 0.5) is 0 Å². The van der Waals surface area contributed by atoms with Gasteiger partial charge in [-0.05, 0) is 26.8 Å². The maximum absolute atomic E-state index is 14.8. The molecule has 0 unspecified atom stereocenters. The van der Waals surface area contributed by atoms with Crippen molar-refractivity contribution in [3.63, 3.8) is 0 Å². The van der Waals surface area contributed by atoms with Crippen molar-refractivity contribution in [3.8, 4) is 11.5 Å². The Hall–Kier alpha value is -5.20. The smallest absolute Gasteiger partial charge is 0.312 e. The van der Waals surface area contributed by atoms with Crippen molar-refractivity contribution in [1.29, 1.82) is 0 Å². The molecule has 1 aromatic rings. The fraction of sp³-hybridized carbons (Fsp3) is 0.565. The minimum absolute atomic E-state index is 0.000404. The van der Waals surface area contributed by atoms with Crippen LogP contribution in [0.3, 0.4) is 0 Å². The second-order valence-corrected chi connectivity index (χ2v) is 17.5. The number of phenols is 1. The van der Waals surface area contributed by atoms with Crippen LogP contribution in [0.15, 0.2) is 52.5 Å². The first-order valence-electron chi connectivity index (χ1n) is 21.4. The first kappa shape index (κ1) is 47.3. The van der Waals surface area contributed by atoms with E-state index in [0.29, 0.717) is 32.7 Å². The number of ketones is 3. The zero-order chi connectivity index (χ0) is 46.3. The summed E-state index contributed by atoms with van der Waals surface area (Å²) in [6.45, 7) is 17.4. The van der Waals surface area contributed by atoms with Crippen LogP contribution in [0.1, 0.15) is 92.0 Å². The Morgan fingerprint density at radius 2 is 1.68 bits per heavy atom.